The van der Waals surface area contributed by atoms with Crippen molar-refractivity contribution >= 4 is 22.5 Å². The summed E-state index contributed by atoms with van der Waals surface area (Å²) in [6.45, 7) is 4.80. The van der Waals surface area contributed by atoms with Gasteiger partial charge < -0.3 is 0 Å². The molecule has 7 heteroatoms. The number of carbonyl (C=O) groups is 1. The zero-order valence-corrected chi connectivity index (χ0v) is 11.5. The van der Waals surface area contributed by atoms with Gasteiger partial charge in [-0.1, -0.05) is 0 Å². The quantitative estimate of drug-likeness (QED) is 0.430. The molecule has 5 nitrogen and oxygen atoms in total. The molecule has 1 N–H and O–H groups in total. The fourth-order valence-corrected chi connectivity index (χ4v) is 1.99. The molecular formula is C10H21BN3O2P. The first-order chi connectivity index (χ1) is 8.27. The standard InChI is InChI=1S/C10H21BN3O2P/c1-2-16-8-5-10(15)14-6-3-9(4-7-14)12-11-13-17/h9,12H,2-8,17H2,1H3. The molecule has 17 heavy (non-hydrogen) atoms. The Kier molecular flexibility index (Phi) is 7.37. The number of amides is 1. The third-order valence-corrected chi connectivity index (χ3v) is 3.05. The number of nitrogens with zero attached hydrogens (tertiary/aromatic N) is 2. The molecular weight excluding hydrogens is 236 g/mol. The van der Waals surface area contributed by atoms with E-state index in [-0.39, 0.29) is 5.91 Å². The second-order valence-electron chi connectivity index (χ2n) is 4.05. The van der Waals surface area contributed by atoms with Gasteiger partial charge in [0.25, 0.3) is 0 Å². The van der Waals surface area contributed by atoms with E-state index in [0.717, 1.165) is 25.9 Å². The Labute approximate surface area is 106 Å². The predicted molar refractivity (Wildman–Crippen MR) is 71.7 cm³/mol. The summed E-state index contributed by atoms with van der Waals surface area (Å²) in [5, 5.41) is 3.21. The van der Waals surface area contributed by atoms with Crippen molar-refractivity contribution in [1.82, 2.24) is 10.1 Å². The molecule has 1 saturated heterocycles. The third kappa shape index (κ3) is 5.60. The predicted octanol–water partition coefficient (Wildman–Crippen LogP) is 0.587. The first-order valence-corrected chi connectivity index (χ1v) is 6.62. The summed E-state index contributed by atoms with van der Waals surface area (Å²) in [7, 11) is 3.99. The topological polar surface area (TPSA) is 53.9 Å². The molecule has 0 aromatic rings. The third-order valence-electron chi connectivity index (χ3n) is 2.90. The average Bonchev–Trinajstić information content (AvgIpc) is 2.37. The monoisotopic (exact) mass is 257 g/mol. The Morgan fingerprint density at radius 1 is 1.59 bits per heavy atom. The van der Waals surface area contributed by atoms with Crippen molar-refractivity contribution in [3.8, 4) is 0 Å². The van der Waals surface area contributed by atoms with Gasteiger partial charge in [0.2, 0.25) is 0 Å². The van der Waals surface area contributed by atoms with Crippen LogP contribution >= 0.6 is 9.39 Å². The van der Waals surface area contributed by atoms with Crippen LogP contribution in [0.25, 0.3) is 0 Å². The van der Waals surface area contributed by atoms with Crippen LogP contribution in [0.15, 0.2) is 4.67 Å². The maximum atomic E-state index is 11.8. The Bertz CT molecular complexity index is 258. The van der Waals surface area contributed by atoms with E-state index in [4.69, 9.17) is 4.74 Å². The first-order valence-electron chi connectivity index (χ1n) is 6.11. The number of ether oxygens (including phenoxy) is 1. The van der Waals surface area contributed by atoms with Crippen molar-refractivity contribution in [2.45, 2.75) is 32.2 Å². The van der Waals surface area contributed by atoms with Crippen LogP contribution in [0.1, 0.15) is 26.2 Å². The van der Waals surface area contributed by atoms with Crippen LogP contribution in [0.4, 0.5) is 0 Å². The Hall–Kier alpha value is -0.475. The van der Waals surface area contributed by atoms with Gasteiger partial charge in [-0.05, 0) is 0 Å². The molecule has 1 heterocycles. The van der Waals surface area contributed by atoms with Gasteiger partial charge in [0.15, 0.2) is 0 Å². The van der Waals surface area contributed by atoms with Gasteiger partial charge in [-0.15, -0.1) is 0 Å². The summed E-state index contributed by atoms with van der Waals surface area (Å²) < 4.78 is 9.01. The maximum absolute atomic E-state index is 11.8. The van der Waals surface area contributed by atoms with Crippen LogP contribution < -0.4 is 5.23 Å². The van der Waals surface area contributed by atoms with E-state index in [1.54, 1.807) is 7.21 Å². The SMILES string of the molecule is CCOCCC(=O)N1CCC(N/B=N/P)CC1. The zero-order chi connectivity index (χ0) is 12.5. The minimum atomic E-state index is 0.205. The molecule has 0 radical (unpaired) electrons. The van der Waals surface area contributed by atoms with Crippen molar-refractivity contribution in [1.29, 1.82) is 0 Å². The number of nitrogens with one attached hydrogen (secondary N) is 1. The van der Waals surface area contributed by atoms with Crippen LogP contribution in [0.5, 0.6) is 0 Å². The van der Waals surface area contributed by atoms with Crippen LogP contribution in [-0.2, 0) is 9.53 Å². The van der Waals surface area contributed by atoms with E-state index in [0.29, 0.717) is 25.7 Å². The molecule has 1 amide bonds. The van der Waals surface area contributed by atoms with Crippen LogP contribution in [0, 0.1) is 0 Å². The van der Waals surface area contributed by atoms with Crippen molar-refractivity contribution in [2.75, 3.05) is 26.3 Å². The average molecular weight is 257 g/mol. The van der Waals surface area contributed by atoms with E-state index in [1.165, 1.54) is 0 Å². The van der Waals surface area contributed by atoms with Gasteiger partial charge in [0.05, 0.1) is 0 Å². The van der Waals surface area contributed by atoms with E-state index in [2.05, 4.69) is 19.3 Å². The van der Waals surface area contributed by atoms with Crippen molar-refractivity contribution in [2.24, 2.45) is 4.67 Å². The fourth-order valence-electron chi connectivity index (χ4n) is 1.91. The number of rotatable bonds is 6. The first kappa shape index (κ1) is 14.6. The number of piperidine rings is 1. The van der Waals surface area contributed by atoms with E-state index in [1.807, 2.05) is 11.8 Å². The van der Waals surface area contributed by atoms with Gasteiger partial charge in [-0.25, -0.2) is 0 Å². The van der Waals surface area contributed by atoms with Gasteiger partial charge in [0, 0.05) is 0 Å². The van der Waals surface area contributed by atoms with Gasteiger partial charge in [-0.2, -0.15) is 0 Å². The van der Waals surface area contributed by atoms with Gasteiger partial charge in [-0.3, -0.25) is 0 Å². The van der Waals surface area contributed by atoms with Gasteiger partial charge in [0.1, 0.15) is 0 Å². The number of hydrogen-bond donors (Lipinski definition) is 1. The van der Waals surface area contributed by atoms with Crippen molar-refractivity contribution in [3.63, 3.8) is 0 Å². The molecule has 0 aromatic carbocycles. The molecule has 1 unspecified atom stereocenters. The number of likely N-dealkylation sites (tertiary alicyclic amines) is 1. The zero-order valence-electron chi connectivity index (χ0n) is 10.4. The number of hydrogen-bond acceptors (Lipinski definition) is 3. The van der Waals surface area contributed by atoms with E-state index < -0.39 is 0 Å². The minimum absolute atomic E-state index is 0.205. The summed E-state index contributed by atoms with van der Waals surface area (Å²) in [5.74, 6) is 0.205. The Morgan fingerprint density at radius 3 is 2.88 bits per heavy atom. The Balaban J connectivity index is 2.19. The Morgan fingerprint density at radius 2 is 2.29 bits per heavy atom. The molecule has 0 saturated carbocycles. The molecule has 0 aromatic heterocycles. The molecule has 0 aliphatic carbocycles. The molecule has 1 atom stereocenters. The normalized spacial score (nSPS) is 17.2. The molecule has 1 aliphatic rings. The summed E-state index contributed by atoms with van der Waals surface area (Å²) in [6, 6.07) is 0.440. The van der Waals surface area contributed by atoms with Crippen molar-refractivity contribution < 1.29 is 9.53 Å². The molecule has 0 spiro atoms. The number of carbonyl (C=O) groups excluding carboxylic acids is 1. The second kappa shape index (κ2) is 8.59. The molecule has 0 bridgehead atoms. The van der Waals surface area contributed by atoms with Crippen LogP contribution in [0.3, 0.4) is 0 Å². The summed E-state index contributed by atoms with van der Waals surface area (Å²) >= 11 is 0. The molecule has 1 aliphatic heterocycles. The van der Waals surface area contributed by atoms with E-state index in [9.17, 15) is 4.79 Å². The summed E-state index contributed by atoms with van der Waals surface area (Å²) in [5.41, 5.74) is 0. The molecule has 1 fully saturated rings. The van der Waals surface area contributed by atoms with Crippen LogP contribution in [0.2, 0.25) is 0 Å². The molecule has 96 valence electrons. The fraction of sp³-hybridized carbons (Fsp3) is 0.900. The summed E-state index contributed by atoms with van der Waals surface area (Å²) in [4.78, 5) is 13.7. The van der Waals surface area contributed by atoms with Gasteiger partial charge >= 0.3 is 105 Å². The van der Waals surface area contributed by atoms with E-state index >= 15 is 0 Å². The molecule has 1 rings (SSSR count). The van der Waals surface area contributed by atoms with Crippen LogP contribution in [-0.4, -0.2) is 50.4 Å². The summed E-state index contributed by atoms with van der Waals surface area (Å²) in [6.07, 6.45) is 2.47. The van der Waals surface area contributed by atoms with Crippen molar-refractivity contribution in [3.05, 3.63) is 0 Å². The second-order valence-corrected chi connectivity index (χ2v) is 4.34.